The molecule has 75 heavy (non-hydrogen) atoms. The summed E-state index contributed by atoms with van der Waals surface area (Å²) in [6.45, 7) is 31.0. The molecule has 0 spiro atoms. The molecule has 15 heteroatoms. The van der Waals surface area contributed by atoms with Crippen molar-refractivity contribution >= 4 is 66.8 Å². The monoisotopic (exact) mass is 1050 g/mol. The first-order chi connectivity index (χ1) is 34.9. The Labute approximate surface area is 445 Å². The van der Waals surface area contributed by atoms with Crippen molar-refractivity contribution in [2.75, 3.05) is 7.11 Å². The van der Waals surface area contributed by atoms with E-state index < -0.39 is 11.7 Å². The summed E-state index contributed by atoms with van der Waals surface area (Å²) >= 11 is 6.13. The van der Waals surface area contributed by atoms with E-state index in [0.717, 1.165) is 91.6 Å². The largest absolute Gasteiger partial charge is 0.494 e. The number of benzene rings is 5. The number of H-pyrrole nitrogens is 5. The van der Waals surface area contributed by atoms with Crippen LogP contribution in [0.5, 0.6) is 5.75 Å². The molecule has 5 heterocycles. The van der Waals surface area contributed by atoms with Crippen LogP contribution in [0.15, 0.2) is 72.8 Å². The molecule has 10 rings (SSSR count). The van der Waals surface area contributed by atoms with Crippen molar-refractivity contribution in [3.05, 3.63) is 140 Å². The smallest absolute Gasteiger partial charge is 0.418 e. The standard InChI is InChI=1S/C13H18N2O.C12H15ClN2.C12H13F3N2.C12H16N2.C10H12N2.CH4/c1-5-9-6-7-10(16-4)12-11(9)14-13(15-12)8(2)3;1-4-8-5-6-9(13)11-10(8)14-12(15-11)7(2)3;1-6(2)11-16-9-5-7(3)4-8(10(9)17-11)12(13,14)15;1-7(2)12-13-10-8(3)5-6-9(4)11(10)14-12;1-7(2)10-11-8-5-3-4-6-9(8)12-10;/h6-8H,5H2,1-4H3,(H,14,15);5-7H,4H2,1-3H3,(H,14,15);4-6H,1-3H3,(H,16,17);5-7H,1-4H3,(H,13,14);3-7H,1-2H3,(H,11,12);1H4. The van der Waals surface area contributed by atoms with E-state index in [0.29, 0.717) is 40.6 Å². The third-order valence-electron chi connectivity index (χ3n) is 12.7. The molecular formula is C60H78ClF3N10O. The maximum absolute atomic E-state index is 12.9. The lowest BCUT2D eigenvalue weighted by molar-refractivity contribution is -0.136. The fourth-order valence-electron chi connectivity index (χ4n) is 8.23. The number of fused-ring (bicyclic) bond motifs is 5. The van der Waals surface area contributed by atoms with Crippen molar-refractivity contribution < 1.29 is 17.9 Å². The average Bonchev–Trinajstić information content (AvgIpc) is 4.21. The SMILES string of the molecule is C.CC(C)c1nc2ccccc2[nH]1.CCc1ccc(Cl)c2[nH]c(C(C)C)nc12.CCc1ccc(OC)c2[nH]c(C(C)C)nc12.Cc1cc(C(F)(F)F)c2nc(C(C)C)[nH]c2c1.Cc1ccc(C)c2[nH]c(C(C)C)nc12. The Balaban J connectivity index is 0.000000173. The van der Waals surface area contributed by atoms with E-state index in [1.165, 1.54) is 27.8 Å². The molecule has 11 nitrogen and oxygen atoms in total. The Morgan fingerprint density at radius 1 is 0.507 bits per heavy atom. The Bertz CT molecular complexity index is 3350. The fraction of sp³-hybridized carbons (Fsp3) is 0.417. The van der Waals surface area contributed by atoms with Crippen LogP contribution in [0.3, 0.4) is 0 Å². The third kappa shape index (κ3) is 14.0. The van der Waals surface area contributed by atoms with Gasteiger partial charge in [-0.2, -0.15) is 13.2 Å². The highest BCUT2D eigenvalue weighted by atomic mass is 35.5. The molecule has 0 radical (unpaired) electrons. The summed E-state index contributed by atoms with van der Waals surface area (Å²) in [5.74, 6) is 7.43. The molecule has 402 valence electrons. The zero-order valence-electron chi connectivity index (χ0n) is 45.9. The van der Waals surface area contributed by atoms with Gasteiger partial charge in [0.05, 0.1) is 61.8 Å². The van der Waals surface area contributed by atoms with Crippen LogP contribution < -0.4 is 4.74 Å². The number of imidazole rings is 5. The van der Waals surface area contributed by atoms with Crippen molar-refractivity contribution in [1.29, 1.82) is 0 Å². The highest BCUT2D eigenvalue weighted by Gasteiger charge is 2.34. The average molecular weight is 1050 g/mol. The van der Waals surface area contributed by atoms with Gasteiger partial charge in [0.15, 0.2) is 0 Å². The second-order valence-corrected chi connectivity index (χ2v) is 20.7. The van der Waals surface area contributed by atoms with Crippen molar-refractivity contribution in [2.45, 2.75) is 160 Å². The van der Waals surface area contributed by atoms with Gasteiger partial charge in [0.1, 0.15) is 45.9 Å². The molecule has 0 unspecified atom stereocenters. The van der Waals surface area contributed by atoms with Crippen LogP contribution in [0.2, 0.25) is 5.02 Å². The van der Waals surface area contributed by atoms with Crippen molar-refractivity contribution in [2.24, 2.45) is 0 Å². The van der Waals surface area contributed by atoms with Crippen molar-refractivity contribution in [1.82, 2.24) is 49.8 Å². The molecule has 0 aliphatic rings. The molecule has 10 aromatic rings. The fourth-order valence-corrected chi connectivity index (χ4v) is 8.43. The van der Waals surface area contributed by atoms with E-state index in [2.05, 4.69) is 157 Å². The van der Waals surface area contributed by atoms with Gasteiger partial charge in [-0.1, -0.05) is 139 Å². The quantitative estimate of drug-likeness (QED) is 0.102. The number of para-hydroxylation sites is 2. The summed E-state index contributed by atoms with van der Waals surface area (Å²) < 4.78 is 43.9. The number of aryl methyl sites for hydroxylation is 5. The minimum Gasteiger partial charge on any atom is -0.494 e. The number of nitrogens with one attached hydrogen (secondary N) is 5. The van der Waals surface area contributed by atoms with Crippen LogP contribution in [0.1, 0.15) is 183 Å². The Hall–Kier alpha value is -6.67. The lowest BCUT2D eigenvalue weighted by Gasteiger charge is -2.07. The number of aromatic amines is 5. The van der Waals surface area contributed by atoms with Crippen LogP contribution in [-0.4, -0.2) is 56.9 Å². The van der Waals surface area contributed by atoms with Gasteiger partial charge in [0.2, 0.25) is 0 Å². The predicted octanol–water partition coefficient (Wildman–Crippen LogP) is 17.8. The predicted molar refractivity (Wildman–Crippen MR) is 307 cm³/mol. The Morgan fingerprint density at radius 2 is 0.960 bits per heavy atom. The highest BCUT2D eigenvalue weighted by molar-refractivity contribution is 6.35. The number of aromatic nitrogens is 10. The minimum absolute atomic E-state index is 0. The molecule has 0 bridgehead atoms. The summed E-state index contributed by atoms with van der Waals surface area (Å²) in [6, 6.07) is 23.3. The van der Waals surface area contributed by atoms with E-state index in [1.807, 2.05) is 50.2 Å². The first-order valence-electron chi connectivity index (χ1n) is 25.7. The van der Waals surface area contributed by atoms with E-state index in [4.69, 9.17) is 16.3 Å². The van der Waals surface area contributed by atoms with Gasteiger partial charge in [0.25, 0.3) is 0 Å². The number of ether oxygens (including phenoxy) is 1. The highest BCUT2D eigenvalue weighted by Crippen LogP contribution is 2.36. The molecule has 0 saturated carbocycles. The molecule has 5 aromatic carbocycles. The number of nitrogens with zero attached hydrogens (tertiary/aromatic N) is 5. The number of alkyl halides is 3. The number of methoxy groups -OCH3 is 1. The molecule has 0 atom stereocenters. The van der Waals surface area contributed by atoms with E-state index in [9.17, 15) is 13.2 Å². The second-order valence-electron chi connectivity index (χ2n) is 20.3. The van der Waals surface area contributed by atoms with E-state index >= 15 is 0 Å². The van der Waals surface area contributed by atoms with Gasteiger partial charge < -0.3 is 29.7 Å². The van der Waals surface area contributed by atoms with Crippen LogP contribution in [0, 0.1) is 20.8 Å². The molecule has 5 N–H and O–H groups in total. The van der Waals surface area contributed by atoms with Gasteiger partial charge >= 0.3 is 6.18 Å². The van der Waals surface area contributed by atoms with Gasteiger partial charge in [-0.3, -0.25) is 0 Å². The molecule has 0 amide bonds. The minimum atomic E-state index is -4.37. The zero-order chi connectivity index (χ0) is 54.3. The first-order valence-corrected chi connectivity index (χ1v) is 26.0. The third-order valence-corrected chi connectivity index (χ3v) is 13.0. The summed E-state index contributed by atoms with van der Waals surface area (Å²) in [5.41, 5.74) is 13.9. The van der Waals surface area contributed by atoms with Crippen molar-refractivity contribution in [3.63, 3.8) is 0 Å². The van der Waals surface area contributed by atoms with Crippen LogP contribution in [-0.2, 0) is 19.0 Å². The summed E-state index contributed by atoms with van der Waals surface area (Å²) in [6.07, 6.45) is -2.40. The molecular weight excluding hydrogens is 969 g/mol. The second kappa shape index (κ2) is 25.2. The summed E-state index contributed by atoms with van der Waals surface area (Å²) in [7, 11) is 1.69. The summed E-state index contributed by atoms with van der Waals surface area (Å²) in [5, 5.41) is 0.751. The van der Waals surface area contributed by atoms with Gasteiger partial charge in [-0.15, -0.1) is 0 Å². The summed E-state index contributed by atoms with van der Waals surface area (Å²) in [4.78, 5) is 38.6. The van der Waals surface area contributed by atoms with Gasteiger partial charge in [-0.05, 0) is 97.8 Å². The van der Waals surface area contributed by atoms with Gasteiger partial charge in [-0.25, -0.2) is 24.9 Å². The maximum Gasteiger partial charge on any atom is 0.418 e. The van der Waals surface area contributed by atoms with Crippen LogP contribution >= 0.6 is 11.6 Å². The van der Waals surface area contributed by atoms with E-state index in [-0.39, 0.29) is 18.9 Å². The number of rotatable bonds is 8. The van der Waals surface area contributed by atoms with Gasteiger partial charge in [0, 0.05) is 29.6 Å². The first kappa shape index (κ1) is 59.2. The van der Waals surface area contributed by atoms with Crippen LogP contribution in [0.25, 0.3) is 55.2 Å². The number of halogens is 4. The maximum atomic E-state index is 12.9. The van der Waals surface area contributed by atoms with E-state index in [1.54, 1.807) is 20.1 Å². The number of hydrogen-bond donors (Lipinski definition) is 5. The van der Waals surface area contributed by atoms with Crippen molar-refractivity contribution in [3.8, 4) is 5.75 Å². The lowest BCUT2D eigenvalue weighted by atomic mass is 10.1. The molecule has 5 aromatic heterocycles. The zero-order valence-corrected chi connectivity index (χ0v) is 46.6. The lowest BCUT2D eigenvalue weighted by Crippen LogP contribution is -2.06. The normalized spacial score (nSPS) is 11.5. The van der Waals surface area contributed by atoms with Crippen LogP contribution in [0.4, 0.5) is 13.2 Å². The Kier molecular flexibility index (Phi) is 19.9. The number of hydrogen-bond acceptors (Lipinski definition) is 6. The molecule has 0 aliphatic carbocycles. The molecule has 0 saturated heterocycles. The topological polar surface area (TPSA) is 153 Å². The Morgan fingerprint density at radius 3 is 1.48 bits per heavy atom. The molecule has 0 fully saturated rings. The molecule has 0 aliphatic heterocycles.